The highest BCUT2D eigenvalue weighted by atomic mass is 19.1. The van der Waals surface area contributed by atoms with E-state index >= 15 is 0 Å². The Kier molecular flexibility index (Phi) is 4.65. The van der Waals surface area contributed by atoms with Crippen LogP contribution in [-0.2, 0) is 0 Å². The number of nitrogen functional groups attached to an aromatic ring is 1. The van der Waals surface area contributed by atoms with Gasteiger partial charge in [0.05, 0.1) is 19.9 Å². The van der Waals surface area contributed by atoms with Gasteiger partial charge in [-0.25, -0.2) is 9.37 Å². The van der Waals surface area contributed by atoms with Crippen LogP contribution in [0.3, 0.4) is 0 Å². The lowest BCUT2D eigenvalue weighted by Crippen LogP contribution is -2.02. The van der Waals surface area contributed by atoms with Gasteiger partial charge < -0.3 is 20.5 Å². The first-order chi connectivity index (χ1) is 12.1. The first-order valence-electron chi connectivity index (χ1n) is 7.48. The van der Waals surface area contributed by atoms with Gasteiger partial charge in [-0.2, -0.15) is 4.98 Å². The number of nitrogens with two attached hydrogens (primary N) is 1. The van der Waals surface area contributed by atoms with E-state index in [1.807, 2.05) is 24.3 Å². The SMILES string of the molecule is COc1ccc(-c2cc(Nc3ccc(OC)c(F)c3)nc(N)n2)cc1. The molecule has 0 saturated heterocycles. The van der Waals surface area contributed by atoms with E-state index in [1.54, 1.807) is 19.2 Å². The fourth-order valence-corrected chi connectivity index (χ4v) is 2.33. The number of nitrogens with zero attached hydrogens (tertiary/aromatic N) is 2. The maximum atomic E-state index is 13.8. The van der Waals surface area contributed by atoms with Crippen LogP contribution >= 0.6 is 0 Å². The molecule has 128 valence electrons. The molecule has 0 spiro atoms. The summed E-state index contributed by atoms with van der Waals surface area (Å²) in [5.41, 5.74) is 7.83. The average molecular weight is 340 g/mol. The van der Waals surface area contributed by atoms with Gasteiger partial charge in [-0.15, -0.1) is 0 Å². The Labute approximate surface area is 144 Å². The second-order valence-electron chi connectivity index (χ2n) is 5.20. The molecular formula is C18H17FN4O2. The maximum Gasteiger partial charge on any atom is 0.222 e. The molecule has 0 aliphatic carbocycles. The molecule has 3 aromatic rings. The molecule has 0 unspecified atom stereocenters. The van der Waals surface area contributed by atoms with E-state index in [2.05, 4.69) is 15.3 Å². The molecule has 1 aromatic heterocycles. The number of hydrogen-bond acceptors (Lipinski definition) is 6. The molecule has 0 bridgehead atoms. The Morgan fingerprint density at radius 1 is 0.960 bits per heavy atom. The summed E-state index contributed by atoms with van der Waals surface area (Å²) in [5, 5.41) is 3.02. The topological polar surface area (TPSA) is 82.3 Å². The van der Waals surface area contributed by atoms with E-state index < -0.39 is 5.82 Å². The van der Waals surface area contributed by atoms with Gasteiger partial charge in [0, 0.05) is 23.4 Å². The number of aromatic nitrogens is 2. The van der Waals surface area contributed by atoms with Gasteiger partial charge in [0.15, 0.2) is 11.6 Å². The van der Waals surface area contributed by atoms with Crippen molar-refractivity contribution in [3.63, 3.8) is 0 Å². The summed E-state index contributed by atoms with van der Waals surface area (Å²) < 4.78 is 23.9. The third-order valence-electron chi connectivity index (χ3n) is 3.55. The second-order valence-corrected chi connectivity index (χ2v) is 5.20. The van der Waals surface area contributed by atoms with Gasteiger partial charge in [-0.3, -0.25) is 0 Å². The van der Waals surface area contributed by atoms with Gasteiger partial charge in [0.2, 0.25) is 5.95 Å². The molecule has 0 aliphatic rings. The number of hydrogen-bond donors (Lipinski definition) is 2. The van der Waals surface area contributed by atoms with Gasteiger partial charge in [0.1, 0.15) is 11.6 Å². The Bertz CT molecular complexity index is 885. The van der Waals surface area contributed by atoms with Gasteiger partial charge in [-0.1, -0.05) is 0 Å². The van der Waals surface area contributed by atoms with E-state index in [4.69, 9.17) is 15.2 Å². The Morgan fingerprint density at radius 2 is 1.72 bits per heavy atom. The highest BCUT2D eigenvalue weighted by molar-refractivity contribution is 5.67. The minimum atomic E-state index is -0.468. The number of methoxy groups -OCH3 is 2. The van der Waals surface area contributed by atoms with Crippen LogP contribution in [0.15, 0.2) is 48.5 Å². The number of rotatable bonds is 5. The Hall–Kier alpha value is -3.35. The van der Waals surface area contributed by atoms with Gasteiger partial charge >= 0.3 is 0 Å². The number of benzene rings is 2. The molecule has 3 N–H and O–H groups in total. The van der Waals surface area contributed by atoms with Crippen LogP contribution in [0.25, 0.3) is 11.3 Å². The van der Waals surface area contributed by atoms with Crippen molar-refractivity contribution in [3.05, 3.63) is 54.3 Å². The van der Waals surface area contributed by atoms with Crippen LogP contribution in [0.2, 0.25) is 0 Å². The van der Waals surface area contributed by atoms with Gasteiger partial charge in [-0.05, 0) is 36.4 Å². The monoisotopic (exact) mass is 340 g/mol. The number of nitrogens with one attached hydrogen (secondary N) is 1. The fourth-order valence-electron chi connectivity index (χ4n) is 2.33. The highest BCUT2D eigenvalue weighted by Gasteiger charge is 2.08. The molecule has 25 heavy (non-hydrogen) atoms. The maximum absolute atomic E-state index is 13.8. The smallest absolute Gasteiger partial charge is 0.222 e. The lowest BCUT2D eigenvalue weighted by molar-refractivity contribution is 0.386. The summed E-state index contributed by atoms with van der Waals surface area (Å²) in [6.07, 6.45) is 0. The molecule has 0 radical (unpaired) electrons. The zero-order valence-corrected chi connectivity index (χ0v) is 13.8. The zero-order valence-electron chi connectivity index (χ0n) is 13.8. The summed E-state index contributed by atoms with van der Waals surface area (Å²) in [4.78, 5) is 8.38. The predicted molar refractivity (Wildman–Crippen MR) is 94.7 cm³/mol. The van der Waals surface area contributed by atoms with Crippen molar-refractivity contribution in [2.24, 2.45) is 0 Å². The summed E-state index contributed by atoms with van der Waals surface area (Å²) in [5.74, 6) is 1.03. The first kappa shape index (κ1) is 16.5. The van der Waals surface area contributed by atoms with Crippen LogP contribution in [0.1, 0.15) is 0 Å². The van der Waals surface area contributed by atoms with Crippen LogP contribution in [0.4, 0.5) is 21.8 Å². The van der Waals surface area contributed by atoms with E-state index in [1.165, 1.54) is 19.2 Å². The van der Waals surface area contributed by atoms with E-state index in [0.717, 1.165) is 11.3 Å². The van der Waals surface area contributed by atoms with E-state index in [0.29, 0.717) is 17.2 Å². The van der Waals surface area contributed by atoms with Crippen LogP contribution in [0, 0.1) is 5.82 Å². The largest absolute Gasteiger partial charge is 0.497 e. The lowest BCUT2D eigenvalue weighted by Gasteiger charge is -2.10. The minimum absolute atomic E-state index is 0.116. The molecular weight excluding hydrogens is 323 g/mol. The first-order valence-corrected chi connectivity index (χ1v) is 7.48. The predicted octanol–water partition coefficient (Wildman–Crippen LogP) is 3.63. The summed E-state index contributed by atoms with van der Waals surface area (Å²) in [6.45, 7) is 0. The molecule has 0 saturated carbocycles. The number of anilines is 3. The van der Waals surface area contributed by atoms with Gasteiger partial charge in [0.25, 0.3) is 0 Å². The second kappa shape index (κ2) is 7.04. The van der Waals surface area contributed by atoms with Crippen LogP contribution in [-0.4, -0.2) is 24.2 Å². The highest BCUT2D eigenvalue weighted by Crippen LogP contribution is 2.26. The molecule has 1 heterocycles. The van der Waals surface area contributed by atoms with E-state index in [-0.39, 0.29) is 11.7 Å². The molecule has 0 amide bonds. The quantitative estimate of drug-likeness (QED) is 0.738. The molecule has 3 rings (SSSR count). The van der Waals surface area contributed by atoms with Crippen molar-refractivity contribution in [1.82, 2.24) is 9.97 Å². The lowest BCUT2D eigenvalue weighted by atomic mass is 10.1. The zero-order chi connectivity index (χ0) is 17.8. The van der Waals surface area contributed by atoms with Crippen molar-refractivity contribution >= 4 is 17.5 Å². The van der Waals surface area contributed by atoms with Crippen molar-refractivity contribution in [3.8, 4) is 22.8 Å². The number of halogens is 1. The van der Waals surface area contributed by atoms with Crippen LogP contribution in [0.5, 0.6) is 11.5 Å². The molecule has 7 heteroatoms. The molecule has 6 nitrogen and oxygen atoms in total. The third-order valence-corrected chi connectivity index (χ3v) is 3.55. The molecule has 2 aromatic carbocycles. The van der Waals surface area contributed by atoms with Crippen molar-refractivity contribution in [2.45, 2.75) is 0 Å². The molecule has 0 atom stereocenters. The third kappa shape index (κ3) is 3.77. The Balaban J connectivity index is 1.89. The summed E-state index contributed by atoms with van der Waals surface area (Å²) >= 11 is 0. The summed E-state index contributed by atoms with van der Waals surface area (Å²) in [6, 6.07) is 13.7. The standard InChI is InChI=1S/C18H17FN4O2/c1-24-13-6-3-11(4-7-13)15-10-17(23-18(20)22-15)21-12-5-8-16(25-2)14(19)9-12/h3-10H,1-2H3,(H3,20,21,22,23). The normalized spacial score (nSPS) is 10.4. The average Bonchev–Trinajstić information content (AvgIpc) is 2.61. The minimum Gasteiger partial charge on any atom is -0.497 e. The summed E-state index contributed by atoms with van der Waals surface area (Å²) in [7, 11) is 3.02. The Morgan fingerprint density at radius 3 is 2.36 bits per heavy atom. The van der Waals surface area contributed by atoms with Crippen LogP contribution < -0.4 is 20.5 Å². The van der Waals surface area contributed by atoms with Crippen molar-refractivity contribution < 1.29 is 13.9 Å². The molecule has 0 aliphatic heterocycles. The number of ether oxygens (including phenoxy) is 2. The fraction of sp³-hybridized carbons (Fsp3) is 0.111. The van der Waals surface area contributed by atoms with Crippen molar-refractivity contribution in [1.29, 1.82) is 0 Å². The van der Waals surface area contributed by atoms with E-state index in [9.17, 15) is 4.39 Å². The molecule has 0 fully saturated rings. The van der Waals surface area contributed by atoms with Crippen molar-refractivity contribution in [2.75, 3.05) is 25.3 Å².